The summed E-state index contributed by atoms with van der Waals surface area (Å²) in [6, 6.07) is 0.250. The molecule has 1 aliphatic carbocycles. The van der Waals surface area contributed by atoms with E-state index in [-0.39, 0.29) is 18.9 Å². The molecule has 23 heavy (non-hydrogen) atoms. The van der Waals surface area contributed by atoms with Crippen LogP contribution in [0.25, 0.3) is 0 Å². The summed E-state index contributed by atoms with van der Waals surface area (Å²) in [5.74, 6) is -0.370. The van der Waals surface area contributed by atoms with Crippen LogP contribution in [0.5, 0.6) is 0 Å². The number of likely N-dealkylation sites (tertiary alicyclic amines) is 1. The monoisotopic (exact) mass is 329 g/mol. The normalized spacial score (nSPS) is 27.8. The summed E-state index contributed by atoms with van der Waals surface area (Å²) in [6.07, 6.45) is 1.70. The highest BCUT2D eigenvalue weighted by Gasteiger charge is 2.35. The zero-order valence-corrected chi connectivity index (χ0v) is 13.5. The van der Waals surface area contributed by atoms with Gasteiger partial charge >= 0.3 is 0 Å². The lowest BCUT2D eigenvalue weighted by Crippen LogP contribution is -2.39. The molecule has 1 aliphatic heterocycles. The smallest absolute Gasteiger partial charge is 0.250 e. The van der Waals surface area contributed by atoms with Gasteiger partial charge in [-0.2, -0.15) is 0 Å². The summed E-state index contributed by atoms with van der Waals surface area (Å²) in [6.45, 7) is 2.62. The molecule has 1 aromatic heterocycles. The first kappa shape index (κ1) is 16.7. The Morgan fingerprint density at radius 2 is 1.96 bits per heavy atom. The highest BCUT2D eigenvalue weighted by atomic mass is 19.3. The molecular weight excluding hydrogens is 304 g/mol. The molecule has 0 atom stereocenters. The maximum absolute atomic E-state index is 13.3. The van der Waals surface area contributed by atoms with Crippen LogP contribution in [0.1, 0.15) is 43.3 Å². The van der Waals surface area contributed by atoms with E-state index in [9.17, 15) is 8.78 Å². The summed E-state index contributed by atoms with van der Waals surface area (Å²) in [4.78, 5) is 2.03. The molecule has 2 aliphatic rings. The fourth-order valence-corrected chi connectivity index (χ4v) is 3.31. The predicted molar refractivity (Wildman–Crippen MR) is 81.3 cm³/mol. The number of rotatable bonds is 6. The third-order valence-corrected chi connectivity index (χ3v) is 4.87. The van der Waals surface area contributed by atoms with Crippen LogP contribution >= 0.6 is 0 Å². The Kier molecular flexibility index (Phi) is 4.93. The predicted octanol–water partition coefficient (Wildman–Crippen LogP) is 1.36. The summed E-state index contributed by atoms with van der Waals surface area (Å²) >= 11 is 0. The molecule has 8 heteroatoms. The number of aromatic nitrogens is 3. The van der Waals surface area contributed by atoms with Gasteiger partial charge in [-0.1, -0.05) is 0 Å². The molecular formula is C15H25F2N5O. The van der Waals surface area contributed by atoms with E-state index in [0.29, 0.717) is 38.7 Å². The van der Waals surface area contributed by atoms with Crippen molar-refractivity contribution in [1.29, 1.82) is 0 Å². The minimum atomic E-state index is -2.52. The van der Waals surface area contributed by atoms with E-state index in [4.69, 9.17) is 10.5 Å². The molecule has 0 radical (unpaired) electrons. The number of methoxy groups -OCH3 is 1. The van der Waals surface area contributed by atoms with E-state index < -0.39 is 5.92 Å². The van der Waals surface area contributed by atoms with Crippen molar-refractivity contribution in [3.05, 3.63) is 11.6 Å². The highest BCUT2D eigenvalue weighted by molar-refractivity contribution is 5.09. The maximum Gasteiger partial charge on any atom is 0.250 e. The van der Waals surface area contributed by atoms with Gasteiger partial charge in [-0.05, 0) is 12.8 Å². The van der Waals surface area contributed by atoms with Gasteiger partial charge in [0.15, 0.2) is 0 Å². The molecule has 0 aromatic carbocycles. The maximum atomic E-state index is 13.3. The third-order valence-electron chi connectivity index (χ3n) is 4.87. The Bertz CT molecular complexity index is 520. The summed E-state index contributed by atoms with van der Waals surface area (Å²) in [7, 11) is 1.66. The van der Waals surface area contributed by atoms with Crippen molar-refractivity contribution in [3.63, 3.8) is 0 Å². The molecule has 1 aromatic rings. The van der Waals surface area contributed by atoms with Crippen molar-refractivity contribution >= 4 is 0 Å². The van der Waals surface area contributed by atoms with E-state index in [2.05, 4.69) is 14.8 Å². The van der Waals surface area contributed by atoms with Gasteiger partial charge < -0.3 is 15.0 Å². The fraction of sp³-hybridized carbons (Fsp3) is 0.867. The highest BCUT2D eigenvalue weighted by Crippen LogP contribution is 2.35. The van der Waals surface area contributed by atoms with Crippen LogP contribution in [0.4, 0.5) is 8.78 Å². The van der Waals surface area contributed by atoms with Gasteiger partial charge in [0, 0.05) is 51.5 Å². The van der Waals surface area contributed by atoms with E-state index in [1.165, 1.54) is 0 Å². The number of ether oxygens (including phenoxy) is 1. The first-order valence-corrected chi connectivity index (χ1v) is 8.25. The largest absolute Gasteiger partial charge is 0.383 e. The molecule has 3 rings (SSSR count). The quantitative estimate of drug-likeness (QED) is 0.853. The van der Waals surface area contributed by atoms with Crippen LogP contribution in [-0.4, -0.2) is 58.4 Å². The van der Waals surface area contributed by atoms with Gasteiger partial charge in [-0.3, -0.25) is 4.90 Å². The van der Waals surface area contributed by atoms with Crippen LogP contribution in [-0.2, 0) is 17.8 Å². The van der Waals surface area contributed by atoms with Crippen molar-refractivity contribution in [3.8, 4) is 0 Å². The van der Waals surface area contributed by atoms with Crippen LogP contribution < -0.4 is 5.73 Å². The second-order valence-electron chi connectivity index (χ2n) is 6.68. The Balaban J connectivity index is 1.68. The van der Waals surface area contributed by atoms with Gasteiger partial charge in [-0.15, -0.1) is 10.2 Å². The topological polar surface area (TPSA) is 69.2 Å². The lowest BCUT2D eigenvalue weighted by molar-refractivity contribution is -0.0572. The zero-order chi connectivity index (χ0) is 16.4. The Labute approximate surface area is 135 Å². The number of piperidine rings is 1. The Hall–Kier alpha value is -1.12. The molecule has 6 nitrogen and oxygen atoms in total. The molecule has 0 bridgehead atoms. The van der Waals surface area contributed by atoms with Crippen molar-refractivity contribution in [1.82, 2.24) is 19.7 Å². The molecule has 1 saturated carbocycles. The molecule has 0 amide bonds. The van der Waals surface area contributed by atoms with Gasteiger partial charge in [0.1, 0.15) is 11.6 Å². The summed E-state index contributed by atoms with van der Waals surface area (Å²) in [5.41, 5.74) is 5.88. The molecule has 130 valence electrons. The van der Waals surface area contributed by atoms with Crippen LogP contribution in [0, 0.1) is 0 Å². The molecule has 0 unspecified atom stereocenters. The number of hydrogen-bond acceptors (Lipinski definition) is 5. The SMILES string of the molecule is COCCn1c(CN2CCC(F)(F)CC2)nnc1C1CC(N)C1. The number of nitrogens with zero attached hydrogens (tertiary/aromatic N) is 4. The van der Waals surface area contributed by atoms with Gasteiger partial charge in [-0.25, -0.2) is 8.78 Å². The summed E-state index contributed by atoms with van der Waals surface area (Å²) < 4.78 is 33.8. The van der Waals surface area contributed by atoms with E-state index >= 15 is 0 Å². The average Bonchev–Trinajstić information content (AvgIpc) is 2.86. The van der Waals surface area contributed by atoms with Crippen molar-refractivity contribution in [2.75, 3.05) is 26.8 Å². The van der Waals surface area contributed by atoms with Crippen molar-refractivity contribution in [2.24, 2.45) is 5.73 Å². The minimum absolute atomic E-state index is 0.0798. The third kappa shape index (κ3) is 3.87. The lowest BCUT2D eigenvalue weighted by Gasteiger charge is -2.33. The van der Waals surface area contributed by atoms with Crippen molar-refractivity contribution in [2.45, 2.75) is 56.7 Å². The first-order chi connectivity index (χ1) is 11.0. The van der Waals surface area contributed by atoms with E-state index in [1.54, 1.807) is 7.11 Å². The Morgan fingerprint density at radius 3 is 2.57 bits per heavy atom. The standard InChI is InChI=1S/C15H25F2N5O/c1-23-7-6-22-13(10-21-4-2-15(16,17)3-5-21)19-20-14(22)11-8-12(18)9-11/h11-12H,2-10,18H2,1H3. The number of hydrogen-bond donors (Lipinski definition) is 1. The van der Waals surface area contributed by atoms with E-state index in [1.807, 2.05) is 4.90 Å². The molecule has 1 saturated heterocycles. The minimum Gasteiger partial charge on any atom is -0.383 e. The van der Waals surface area contributed by atoms with Crippen LogP contribution in [0.15, 0.2) is 0 Å². The van der Waals surface area contributed by atoms with Gasteiger partial charge in [0.05, 0.1) is 13.2 Å². The molecule has 2 N–H and O–H groups in total. The molecule has 2 heterocycles. The van der Waals surface area contributed by atoms with Crippen molar-refractivity contribution < 1.29 is 13.5 Å². The van der Waals surface area contributed by atoms with Crippen LogP contribution in [0.3, 0.4) is 0 Å². The van der Waals surface area contributed by atoms with Crippen LogP contribution in [0.2, 0.25) is 0 Å². The second kappa shape index (κ2) is 6.78. The molecule has 0 spiro atoms. The fourth-order valence-electron chi connectivity index (χ4n) is 3.31. The van der Waals surface area contributed by atoms with Gasteiger partial charge in [0.25, 0.3) is 5.92 Å². The number of nitrogens with two attached hydrogens (primary N) is 1. The molecule has 2 fully saturated rings. The second-order valence-corrected chi connectivity index (χ2v) is 6.68. The average molecular weight is 329 g/mol. The first-order valence-electron chi connectivity index (χ1n) is 8.25. The summed E-state index contributed by atoms with van der Waals surface area (Å²) in [5, 5.41) is 8.66. The van der Waals surface area contributed by atoms with Gasteiger partial charge in [0.2, 0.25) is 0 Å². The Morgan fingerprint density at radius 1 is 1.26 bits per heavy atom. The lowest BCUT2D eigenvalue weighted by atomic mass is 9.80. The number of alkyl halides is 2. The van der Waals surface area contributed by atoms with E-state index in [0.717, 1.165) is 24.5 Å². The zero-order valence-electron chi connectivity index (χ0n) is 13.5. The number of halogens is 2.